The van der Waals surface area contributed by atoms with Gasteiger partial charge in [-0.25, -0.2) is 4.79 Å². The first-order valence-corrected chi connectivity index (χ1v) is 8.36. The second-order valence-corrected chi connectivity index (χ2v) is 7.04. The van der Waals surface area contributed by atoms with Gasteiger partial charge in [-0.3, -0.25) is 0 Å². The zero-order chi connectivity index (χ0) is 17.4. The van der Waals surface area contributed by atoms with E-state index in [1.165, 1.54) is 6.26 Å². The van der Waals surface area contributed by atoms with E-state index in [0.29, 0.717) is 19.8 Å². The molecule has 0 bridgehead atoms. The first kappa shape index (κ1) is 16.1. The van der Waals surface area contributed by atoms with E-state index in [1.807, 2.05) is 43.0 Å². The molecule has 0 radical (unpaired) electrons. The molecule has 7 nitrogen and oxygen atoms in total. The van der Waals surface area contributed by atoms with Crippen LogP contribution in [0.3, 0.4) is 0 Å². The van der Waals surface area contributed by atoms with E-state index >= 15 is 0 Å². The number of nitrogens with one attached hydrogen (secondary N) is 1. The van der Waals surface area contributed by atoms with Crippen LogP contribution in [0, 0.1) is 0 Å². The lowest BCUT2D eigenvalue weighted by Crippen LogP contribution is -2.60. The Morgan fingerprint density at radius 2 is 2.04 bits per heavy atom. The lowest BCUT2D eigenvalue weighted by molar-refractivity contribution is -0.135. The molecular formula is C18H21N3O4. The van der Waals surface area contributed by atoms with E-state index in [9.17, 15) is 4.79 Å². The summed E-state index contributed by atoms with van der Waals surface area (Å²) in [5, 5.41) is 6.87. The first-order chi connectivity index (χ1) is 12.0. The molecule has 0 spiro atoms. The summed E-state index contributed by atoms with van der Waals surface area (Å²) in [6.45, 7) is 5.56. The van der Waals surface area contributed by atoms with E-state index < -0.39 is 0 Å². The highest BCUT2D eigenvalue weighted by Gasteiger charge is 2.46. The van der Waals surface area contributed by atoms with Crippen LogP contribution in [-0.4, -0.2) is 53.6 Å². The van der Waals surface area contributed by atoms with Crippen LogP contribution in [0.1, 0.15) is 13.8 Å². The molecule has 4 rings (SSSR count). The van der Waals surface area contributed by atoms with Crippen molar-refractivity contribution in [3.63, 3.8) is 0 Å². The molecule has 2 aliphatic heterocycles. The second-order valence-electron chi connectivity index (χ2n) is 7.04. The molecule has 132 valence electrons. The third-order valence-electron chi connectivity index (χ3n) is 4.55. The standard InChI is InChI=1S/C18H21N3O4/c1-18(2)11-21(15-9-23-10-16(15)25-18)17(22)19-13-5-3-12(4-6-13)14-7-8-24-20-14/h3-8,15-16H,9-11H2,1-2H3,(H,19,22)/t15-,16-/m1/s1. The minimum Gasteiger partial charge on any atom is -0.376 e. The van der Waals surface area contributed by atoms with Crippen LogP contribution in [-0.2, 0) is 9.47 Å². The Morgan fingerprint density at radius 3 is 2.76 bits per heavy atom. The van der Waals surface area contributed by atoms with Gasteiger partial charge in [0.15, 0.2) is 0 Å². The molecular weight excluding hydrogens is 322 g/mol. The van der Waals surface area contributed by atoms with E-state index in [0.717, 1.165) is 16.9 Å². The molecule has 1 N–H and O–H groups in total. The fourth-order valence-electron chi connectivity index (χ4n) is 3.40. The number of nitrogens with zero attached hydrogens (tertiary/aromatic N) is 2. The van der Waals surface area contributed by atoms with Gasteiger partial charge in [-0.15, -0.1) is 0 Å². The van der Waals surface area contributed by atoms with Crippen molar-refractivity contribution in [3.8, 4) is 11.3 Å². The Bertz CT molecular complexity index is 742. The summed E-state index contributed by atoms with van der Waals surface area (Å²) >= 11 is 0. The Hall–Kier alpha value is -2.38. The van der Waals surface area contributed by atoms with Gasteiger partial charge >= 0.3 is 6.03 Å². The summed E-state index contributed by atoms with van der Waals surface area (Å²) in [4.78, 5) is 14.6. The number of anilines is 1. The van der Waals surface area contributed by atoms with Gasteiger partial charge in [0, 0.05) is 17.3 Å². The number of aromatic nitrogens is 1. The SMILES string of the molecule is CC1(C)CN(C(=O)Nc2ccc(-c3ccon3)cc2)[C@@H]2COC[C@H]2O1. The van der Waals surface area contributed by atoms with E-state index in [4.69, 9.17) is 14.0 Å². The summed E-state index contributed by atoms with van der Waals surface area (Å²) < 4.78 is 16.4. The fourth-order valence-corrected chi connectivity index (χ4v) is 3.40. The molecule has 1 aromatic carbocycles. The van der Waals surface area contributed by atoms with Gasteiger partial charge in [-0.2, -0.15) is 0 Å². The summed E-state index contributed by atoms with van der Waals surface area (Å²) in [5.74, 6) is 0. The zero-order valence-electron chi connectivity index (χ0n) is 14.3. The predicted molar refractivity (Wildman–Crippen MR) is 91.2 cm³/mol. The van der Waals surface area contributed by atoms with Crippen LogP contribution in [0.2, 0.25) is 0 Å². The normalized spacial score (nSPS) is 24.8. The summed E-state index contributed by atoms with van der Waals surface area (Å²) in [6.07, 6.45) is 1.47. The summed E-state index contributed by atoms with van der Waals surface area (Å²) in [6, 6.07) is 9.14. The Labute approximate surface area is 145 Å². The number of rotatable bonds is 2. The molecule has 25 heavy (non-hydrogen) atoms. The highest BCUT2D eigenvalue weighted by molar-refractivity contribution is 5.90. The minimum absolute atomic E-state index is 0.0394. The average Bonchev–Trinajstić information content (AvgIpc) is 3.25. The van der Waals surface area contributed by atoms with Crippen molar-refractivity contribution in [2.45, 2.75) is 31.6 Å². The third kappa shape index (κ3) is 3.25. The van der Waals surface area contributed by atoms with E-state index in [-0.39, 0.29) is 23.8 Å². The topological polar surface area (TPSA) is 76.8 Å². The van der Waals surface area contributed by atoms with E-state index in [1.54, 1.807) is 6.07 Å². The van der Waals surface area contributed by atoms with Crippen LogP contribution < -0.4 is 5.32 Å². The van der Waals surface area contributed by atoms with Gasteiger partial charge in [0.2, 0.25) is 0 Å². The molecule has 0 unspecified atom stereocenters. The van der Waals surface area contributed by atoms with Crippen molar-refractivity contribution in [1.29, 1.82) is 0 Å². The second kappa shape index (κ2) is 6.16. The number of benzene rings is 1. The molecule has 7 heteroatoms. The van der Waals surface area contributed by atoms with Crippen molar-refractivity contribution in [3.05, 3.63) is 36.6 Å². The maximum absolute atomic E-state index is 12.8. The van der Waals surface area contributed by atoms with Crippen LogP contribution in [0.25, 0.3) is 11.3 Å². The highest BCUT2D eigenvalue weighted by atomic mass is 16.6. The molecule has 0 saturated carbocycles. The van der Waals surface area contributed by atoms with Gasteiger partial charge in [0.05, 0.1) is 31.4 Å². The van der Waals surface area contributed by atoms with Crippen LogP contribution in [0.15, 0.2) is 41.1 Å². The number of carbonyl (C=O) groups is 1. The molecule has 2 aromatic rings. The van der Waals surface area contributed by atoms with Crippen LogP contribution in [0.4, 0.5) is 10.5 Å². The smallest absolute Gasteiger partial charge is 0.322 e. The maximum atomic E-state index is 12.8. The van der Waals surface area contributed by atoms with E-state index in [2.05, 4.69) is 10.5 Å². The largest absolute Gasteiger partial charge is 0.376 e. The highest BCUT2D eigenvalue weighted by Crippen LogP contribution is 2.30. The van der Waals surface area contributed by atoms with Gasteiger partial charge < -0.3 is 24.2 Å². The molecule has 3 heterocycles. The Morgan fingerprint density at radius 1 is 1.24 bits per heavy atom. The number of amides is 2. The number of hydrogen-bond acceptors (Lipinski definition) is 5. The molecule has 2 aliphatic rings. The monoisotopic (exact) mass is 343 g/mol. The molecule has 2 amide bonds. The molecule has 0 aliphatic carbocycles. The van der Waals surface area contributed by atoms with Crippen molar-refractivity contribution < 1.29 is 18.8 Å². The lowest BCUT2D eigenvalue weighted by Gasteiger charge is -2.44. The first-order valence-electron chi connectivity index (χ1n) is 8.36. The summed E-state index contributed by atoms with van der Waals surface area (Å²) in [7, 11) is 0. The number of morpholine rings is 1. The van der Waals surface area contributed by atoms with Gasteiger partial charge in [-0.05, 0) is 26.0 Å². The molecule has 2 fully saturated rings. The molecule has 1 aromatic heterocycles. The predicted octanol–water partition coefficient (Wildman–Crippen LogP) is 2.75. The van der Waals surface area contributed by atoms with Crippen molar-refractivity contribution in [2.24, 2.45) is 0 Å². The number of fused-ring (bicyclic) bond motifs is 1. The number of ether oxygens (including phenoxy) is 2. The number of hydrogen-bond donors (Lipinski definition) is 1. The molecule has 2 saturated heterocycles. The Kier molecular flexibility index (Phi) is 3.97. The van der Waals surface area contributed by atoms with Gasteiger partial charge in [0.25, 0.3) is 0 Å². The molecule has 2 atom stereocenters. The van der Waals surface area contributed by atoms with Gasteiger partial charge in [-0.1, -0.05) is 17.3 Å². The lowest BCUT2D eigenvalue weighted by atomic mass is 10.0. The minimum atomic E-state index is -0.386. The average molecular weight is 343 g/mol. The van der Waals surface area contributed by atoms with Crippen LogP contribution in [0.5, 0.6) is 0 Å². The van der Waals surface area contributed by atoms with Gasteiger partial charge in [0.1, 0.15) is 18.1 Å². The van der Waals surface area contributed by atoms with Crippen LogP contribution >= 0.6 is 0 Å². The van der Waals surface area contributed by atoms with Crippen molar-refractivity contribution in [2.75, 3.05) is 25.1 Å². The zero-order valence-corrected chi connectivity index (χ0v) is 14.3. The maximum Gasteiger partial charge on any atom is 0.322 e. The van der Waals surface area contributed by atoms with Crippen molar-refractivity contribution in [1.82, 2.24) is 10.1 Å². The number of urea groups is 1. The van der Waals surface area contributed by atoms with Crippen molar-refractivity contribution >= 4 is 11.7 Å². The fraction of sp³-hybridized carbons (Fsp3) is 0.444. The number of carbonyl (C=O) groups excluding carboxylic acids is 1. The Balaban J connectivity index is 1.47. The quantitative estimate of drug-likeness (QED) is 0.907. The summed E-state index contributed by atoms with van der Waals surface area (Å²) in [5.41, 5.74) is 2.04. The third-order valence-corrected chi connectivity index (χ3v) is 4.55.